The van der Waals surface area contributed by atoms with E-state index in [1.165, 1.54) is 13.8 Å². The van der Waals surface area contributed by atoms with Crippen LogP contribution in [0.3, 0.4) is 0 Å². The lowest BCUT2D eigenvalue weighted by Crippen LogP contribution is -2.16. The van der Waals surface area contributed by atoms with E-state index in [0.717, 1.165) is 0 Å². The zero-order valence-corrected chi connectivity index (χ0v) is 15.9. The summed E-state index contributed by atoms with van der Waals surface area (Å²) >= 11 is 9.52. The average Bonchev–Trinajstić information content (AvgIpc) is 2.29. The molecule has 0 aliphatic rings. The highest BCUT2D eigenvalue weighted by molar-refractivity contribution is 14.1. The van der Waals surface area contributed by atoms with Gasteiger partial charge in [0.1, 0.15) is 0 Å². The maximum absolute atomic E-state index is 11.6. The number of nitrogens with one attached hydrogen (secondary N) is 2. The summed E-state index contributed by atoms with van der Waals surface area (Å²) < 4.78 is 1.10. The second-order valence-electron chi connectivity index (χ2n) is 4.01. The van der Waals surface area contributed by atoms with Crippen LogP contribution in [0.4, 0.5) is 11.4 Å². The molecule has 0 atom stereocenters. The minimum Gasteiger partial charge on any atom is -0.325 e. The number of carbonyl (C=O) groups excluding carboxylic acids is 3. The first-order valence-corrected chi connectivity index (χ1v) is 7.96. The summed E-state index contributed by atoms with van der Waals surface area (Å²) in [5.74, 6) is -0.539. The second-order valence-corrected chi connectivity index (χ2v) is 6.51. The molecule has 5 nitrogen and oxygen atoms in total. The number of rotatable bonds is 3. The molecule has 0 aromatic heterocycles. The highest BCUT2D eigenvalue weighted by atomic mass is 127. The number of amides is 2. The van der Waals surface area contributed by atoms with Gasteiger partial charge in [-0.2, -0.15) is 0 Å². The highest BCUT2D eigenvalue weighted by Gasteiger charge is 2.23. The predicted molar refractivity (Wildman–Crippen MR) is 95.4 cm³/mol. The Hall–Kier alpha value is -0.420. The van der Waals surface area contributed by atoms with Crippen LogP contribution in [0.25, 0.3) is 0 Å². The first-order chi connectivity index (χ1) is 9.16. The van der Waals surface area contributed by atoms with Crippen LogP contribution in [0, 0.1) is 14.1 Å². The maximum Gasteiger partial charge on any atom is 0.254 e. The third-order valence-electron chi connectivity index (χ3n) is 2.43. The fourth-order valence-electron chi connectivity index (χ4n) is 1.62. The Balaban J connectivity index is 3.68. The van der Waals surface area contributed by atoms with Gasteiger partial charge in [0.05, 0.1) is 24.1 Å². The van der Waals surface area contributed by atoms with Crippen molar-refractivity contribution >= 4 is 85.2 Å². The van der Waals surface area contributed by atoms with Gasteiger partial charge >= 0.3 is 0 Å². The average molecular weight is 520 g/mol. The molecule has 1 aromatic carbocycles. The van der Waals surface area contributed by atoms with E-state index < -0.39 is 5.24 Å². The topological polar surface area (TPSA) is 75.3 Å². The van der Waals surface area contributed by atoms with Crippen molar-refractivity contribution in [1.29, 1.82) is 0 Å². The van der Waals surface area contributed by atoms with Crippen LogP contribution in [0.15, 0.2) is 0 Å². The van der Waals surface area contributed by atoms with E-state index in [4.69, 9.17) is 11.6 Å². The van der Waals surface area contributed by atoms with Crippen LogP contribution in [0.5, 0.6) is 0 Å². The van der Waals surface area contributed by atoms with Crippen molar-refractivity contribution in [1.82, 2.24) is 0 Å². The second kappa shape index (κ2) is 7.03. The Labute approximate surface area is 148 Å². The Morgan fingerprint density at radius 3 is 1.55 bits per heavy atom. The molecule has 0 saturated heterocycles. The van der Waals surface area contributed by atoms with Crippen molar-refractivity contribution in [3.8, 4) is 0 Å². The van der Waals surface area contributed by atoms with Gasteiger partial charge in [-0.1, -0.05) is 0 Å². The van der Waals surface area contributed by atoms with E-state index in [1.807, 2.05) is 45.2 Å². The van der Waals surface area contributed by atoms with Crippen molar-refractivity contribution in [2.24, 2.45) is 0 Å². The van der Waals surface area contributed by atoms with Gasteiger partial charge in [-0.25, -0.2) is 0 Å². The summed E-state index contributed by atoms with van der Waals surface area (Å²) in [6.45, 7) is 4.49. The van der Waals surface area contributed by atoms with Crippen molar-refractivity contribution in [2.45, 2.75) is 20.8 Å². The molecule has 0 bridgehead atoms. The first-order valence-electron chi connectivity index (χ1n) is 5.43. The van der Waals surface area contributed by atoms with E-state index >= 15 is 0 Å². The van der Waals surface area contributed by atoms with E-state index in [0.29, 0.717) is 24.1 Å². The van der Waals surface area contributed by atoms with Crippen LogP contribution in [0.1, 0.15) is 29.8 Å². The molecule has 0 heterocycles. The van der Waals surface area contributed by atoms with Crippen molar-refractivity contribution in [3.63, 3.8) is 0 Å². The molecule has 0 spiro atoms. The van der Waals surface area contributed by atoms with Crippen LogP contribution < -0.4 is 10.6 Å². The Morgan fingerprint density at radius 2 is 1.30 bits per heavy atom. The molecule has 0 fully saturated rings. The zero-order chi connectivity index (χ0) is 15.6. The van der Waals surface area contributed by atoms with E-state index in [9.17, 15) is 14.4 Å². The van der Waals surface area contributed by atoms with Gasteiger partial charge < -0.3 is 10.6 Å². The fourth-order valence-corrected chi connectivity index (χ4v) is 4.75. The monoisotopic (exact) mass is 520 g/mol. The van der Waals surface area contributed by atoms with Crippen LogP contribution >= 0.6 is 56.8 Å². The van der Waals surface area contributed by atoms with Gasteiger partial charge in [0, 0.05) is 13.8 Å². The van der Waals surface area contributed by atoms with Gasteiger partial charge in [0.15, 0.2) is 0 Å². The summed E-state index contributed by atoms with van der Waals surface area (Å²) in [6, 6.07) is 0. The Kier molecular flexibility index (Phi) is 6.20. The predicted octanol–water partition coefficient (Wildman–Crippen LogP) is 3.50. The molecule has 1 aromatic rings. The molecule has 8 heteroatoms. The van der Waals surface area contributed by atoms with Gasteiger partial charge in [0.2, 0.25) is 11.8 Å². The molecule has 0 unspecified atom stereocenters. The fraction of sp³-hybridized carbons (Fsp3) is 0.250. The number of hydrogen-bond donors (Lipinski definition) is 2. The van der Waals surface area contributed by atoms with Gasteiger partial charge in [0.25, 0.3) is 5.24 Å². The standard InChI is InChI=1S/C12H11ClI2N2O3/c1-4-10(16-5(2)18)8(14)7(12(13)20)9(15)11(4)17-6(3)19/h1-3H3,(H,16,18)(H,17,19). The van der Waals surface area contributed by atoms with Gasteiger partial charge in [-0.3, -0.25) is 14.4 Å². The minimum absolute atomic E-state index is 0.269. The molecular weight excluding hydrogens is 509 g/mol. The van der Waals surface area contributed by atoms with Crippen LogP contribution in [-0.4, -0.2) is 17.1 Å². The lowest BCUT2D eigenvalue weighted by atomic mass is 10.1. The quantitative estimate of drug-likeness (QED) is 0.474. The summed E-state index contributed by atoms with van der Waals surface area (Å²) in [5, 5.41) is 4.69. The molecule has 0 aliphatic carbocycles. The summed E-state index contributed by atoms with van der Waals surface area (Å²) in [7, 11) is 0. The maximum atomic E-state index is 11.6. The molecular formula is C12H11ClI2N2O3. The largest absolute Gasteiger partial charge is 0.325 e. The third-order valence-corrected chi connectivity index (χ3v) is 4.77. The third kappa shape index (κ3) is 3.82. The van der Waals surface area contributed by atoms with Crippen molar-refractivity contribution in [2.75, 3.05) is 10.6 Å². The van der Waals surface area contributed by atoms with E-state index in [1.54, 1.807) is 6.92 Å². The SMILES string of the molecule is CC(=O)Nc1c(C)c(NC(C)=O)c(I)c(C(=O)Cl)c1I. The lowest BCUT2D eigenvalue weighted by molar-refractivity contribution is -0.115. The van der Waals surface area contributed by atoms with Gasteiger partial charge in [-0.05, 0) is 69.3 Å². The molecule has 0 aliphatic heterocycles. The first kappa shape index (κ1) is 17.6. The molecule has 108 valence electrons. The number of hydrogen-bond acceptors (Lipinski definition) is 3. The smallest absolute Gasteiger partial charge is 0.254 e. The van der Waals surface area contributed by atoms with E-state index in [2.05, 4.69) is 10.6 Å². The molecule has 2 N–H and O–H groups in total. The summed E-state index contributed by atoms with van der Waals surface area (Å²) in [6.07, 6.45) is 0. The Bertz CT molecular complexity index is 574. The normalized spacial score (nSPS) is 10.1. The molecule has 20 heavy (non-hydrogen) atoms. The summed E-state index contributed by atoms with van der Waals surface area (Å²) in [5.41, 5.74) is 1.90. The number of anilines is 2. The van der Waals surface area contributed by atoms with Gasteiger partial charge in [-0.15, -0.1) is 0 Å². The molecule has 0 saturated carbocycles. The summed E-state index contributed by atoms with van der Waals surface area (Å²) in [4.78, 5) is 34.2. The molecule has 0 radical (unpaired) electrons. The van der Waals surface area contributed by atoms with Crippen LogP contribution in [0.2, 0.25) is 0 Å². The highest BCUT2D eigenvalue weighted by Crippen LogP contribution is 2.38. The minimum atomic E-state index is -0.642. The number of halogens is 3. The molecule has 2 amide bonds. The van der Waals surface area contributed by atoms with Crippen molar-refractivity contribution < 1.29 is 14.4 Å². The number of carbonyl (C=O) groups is 3. The molecule has 1 rings (SSSR count). The van der Waals surface area contributed by atoms with Crippen molar-refractivity contribution in [3.05, 3.63) is 18.3 Å². The number of benzene rings is 1. The lowest BCUT2D eigenvalue weighted by Gasteiger charge is -2.19. The Morgan fingerprint density at radius 1 is 0.950 bits per heavy atom. The van der Waals surface area contributed by atoms with Crippen LogP contribution in [-0.2, 0) is 9.59 Å². The van der Waals surface area contributed by atoms with E-state index in [-0.39, 0.29) is 17.4 Å². The zero-order valence-electron chi connectivity index (χ0n) is 10.9.